The van der Waals surface area contributed by atoms with Crippen LogP contribution in [0.4, 0.5) is 30.6 Å². The van der Waals surface area contributed by atoms with Crippen LogP contribution in [0.2, 0.25) is 0 Å². The summed E-state index contributed by atoms with van der Waals surface area (Å²) in [4.78, 5) is 32.6. The molecule has 2 aromatic heterocycles. The minimum atomic E-state index is -4.60. The number of aryl methyl sites for hydroxylation is 2. The minimum Gasteiger partial charge on any atom is -0.487 e. The quantitative estimate of drug-likeness (QED) is 0.646. The molecule has 1 saturated carbocycles. The van der Waals surface area contributed by atoms with Gasteiger partial charge in [0.2, 0.25) is 11.8 Å². The Morgan fingerprint density at radius 3 is 2.69 bits per heavy atom. The van der Waals surface area contributed by atoms with Crippen LogP contribution in [0.1, 0.15) is 43.4 Å². The van der Waals surface area contributed by atoms with Crippen LogP contribution < -0.4 is 19.9 Å². The second-order valence-corrected chi connectivity index (χ2v) is 9.41. The standard InChI is InChI=1S/C22H26F3N7O3/c1-11-15(9-26-18(27-11)22(23,24)25)35-13-7-12(8-13)28-20-29-14-5-4-6-32-16(14)17(30-20)31(3)21(2,10-33)19(32)34/h9,12-13,33H,4-8,10H2,1-3H3,(H,28,29,30)/t12?,13?,21-/m0/s1. The first-order valence-corrected chi connectivity index (χ1v) is 11.4. The highest BCUT2D eigenvalue weighted by molar-refractivity contribution is 6.08. The van der Waals surface area contributed by atoms with Gasteiger partial charge in [-0.1, -0.05) is 0 Å². The zero-order valence-corrected chi connectivity index (χ0v) is 19.6. The summed E-state index contributed by atoms with van der Waals surface area (Å²) in [7, 11) is 1.74. The van der Waals surface area contributed by atoms with E-state index in [1.54, 1.807) is 23.8 Å². The molecule has 1 amide bonds. The normalized spacial score (nSPS) is 25.7. The van der Waals surface area contributed by atoms with Crippen LogP contribution in [-0.4, -0.2) is 68.8 Å². The lowest BCUT2D eigenvalue weighted by Crippen LogP contribution is -2.64. The number of likely N-dealkylation sites (N-methyl/N-ethyl adjacent to an activating group) is 1. The molecule has 35 heavy (non-hydrogen) atoms. The zero-order chi connectivity index (χ0) is 25.1. The number of carbonyl (C=O) groups is 1. The second-order valence-electron chi connectivity index (χ2n) is 9.41. The summed E-state index contributed by atoms with van der Waals surface area (Å²) in [6.07, 6.45) is -1.04. The van der Waals surface area contributed by atoms with Gasteiger partial charge in [0.15, 0.2) is 11.6 Å². The van der Waals surface area contributed by atoms with Gasteiger partial charge in [0.05, 0.1) is 24.2 Å². The molecular weight excluding hydrogens is 467 g/mol. The lowest BCUT2D eigenvalue weighted by Gasteiger charge is -2.48. The Morgan fingerprint density at radius 2 is 2.03 bits per heavy atom. The van der Waals surface area contributed by atoms with E-state index in [0.29, 0.717) is 36.8 Å². The van der Waals surface area contributed by atoms with E-state index in [9.17, 15) is 23.1 Å². The third kappa shape index (κ3) is 3.91. The fourth-order valence-electron chi connectivity index (χ4n) is 4.65. The number of nitrogens with one attached hydrogen (secondary N) is 1. The average Bonchev–Trinajstić information content (AvgIpc) is 2.79. The number of aliphatic hydroxyl groups excluding tert-OH is 1. The number of ether oxygens (including phenoxy) is 1. The van der Waals surface area contributed by atoms with Gasteiger partial charge in [-0.2, -0.15) is 18.2 Å². The summed E-state index contributed by atoms with van der Waals surface area (Å²) in [6, 6.07) is 0.0142. The van der Waals surface area contributed by atoms with Crippen molar-refractivity contribution < 1.29 is 27.8 Å². The van der Waals surface area contributed by atoms with Gasteiger partial charge in [0, 0.05) is 32.5 Å². The highest BCUT2D eigenvalue weighted by Gasteiger charge is 2.49. The summed E-state index contributed by atoms with van der Waals surface area (Å²) < 4.78 is 44.1. The van der Waals surface area contributed by atoms with Crippen LogP contribution in [-0.2, 0) is 17.4 Å². The van der Waals surface area contributed by atoms with Crippen LogP contribution in [0.15, 0.2) is 6.20 Å². The molecule has 13 heteroatoms. The molecule has 2 aromatic rings. The van der Waals surface area contributed by atoms with E-state index < -0.39 is 17.5 Å². The maximum Gasteiger partial charge on any atom is 0.451 e. The Hall–Kier alpha value is -3.22. The van der Waals surface area contributed by atoms with Gasteiger partial charge < -0.3 is 25.0 Å². The molecular formula is C22H26F3N7O3. The number of anilines is 3. The van der Waals surface area contributed by atoms with Gasteiger partial charge in [-0.05, 0) is 26.7 Å². The lowest BCUT2D eigenvalue weighted by atomic mass is 9.89. The van der Waals surface area contributed by atoms with Crippen molar-refractivity contribution in [2.24, 2.45) is 0 Å². The molecule has 2 aliphatic heterocycles. The van der Waals surface area contributed by atoms with Crippen LogP contribution in [0.25, 0.3) is 0 Å². The molecule has 5 rings (SSSR count). The summed E-state index contributed by atoms with van der Waals surface area (Å²) in [5, 5.41) is 13.3. The van der Waals surface area contributed by atoms with Crippen LogP contribution >= 0.6 is 0 Å². The van der Waals surface area contributed by atoms with Crippen molar-refractivity contribution in [1.29, 1.82) is 0 Å². The number of alkyl halides is 3. The van der Waals surface area contributed by atoms with Gasteiger partial charge in [-0.25, -0.2) is 15.0 Å². The molecule has 1 fully saturated rings. The van der Waals surface area contributed by atoms with Crippen LogP contribution in [0.3, 0.4) is 0 Å². The second kappa shape index (κ2) is 8.18. The maximum absolute atomic E-state index is 13.0. The van der Waals surface area contributed by atoms with E-state index in [1.807, 2.05) is 0 Å². The first-order chi connectivity index (χ1) is 16.5. The SMILES string of the molecule is Cc1nc(C(F)(F)F)ncc1OC1CC(Nc2nc3c4c(n2)N(C)[C@@](C)(CO)C(=O)N4CCC3)C1. The topological polar surface area (TPSA) is 117 Å². The molecule has 0 radical (unpaired) electrons. The molecule has 188 valence electrons. The van der Waals surface area contributed by atoms with E-state index in [4.69, 9.17) is 4.74 Å². The molecule has 1 atom stereocenters. The number of aromatic nitrogens is 4. The number of halogens is 3. The van der Waals surface area contributed by atoms with E-state index in [2.05, 4.69) is 25.3 Å². The molecule has 0 aromatic carbocycles. The third-order valence-corrected chi connectivity index (χ3v) is 6.98. The molecule has 0 saturated heterocycles. The van der Waals surface area contributed by atoms with Crippen molar-refractivity contribution in [1.82, 2.24) is 19.9 Å². The Kier molecular flexibility index (Phi) is 5.49. The number of hydrogen-bond acceptors (Lipinski definition) is 9. The largest absolute Gasteiger partial charge is 0.487 e. The molecule has 10 nitrogen and oxygen atoms in total. The molecule has 0 bridgehead atoms. The number of aliphatic hydroxyl groups is 1. The fraction of sp³-hybridized carbons (Fsp3) is 0.591. The molecule has 4 heterocycles. The lowest BCUT2D eigenvalue weighted by molar-refractivity contribution is -0.145. The monoisotopic (exact) mass is 493 g/mol. The zero-order valence-electron chi connectivity index (χ0n) is 19.6. The van der Waals surface area contributed by atoms with Crippen molar-refractivity contribution in [3.8, 4) is 5.75 Å². The van der Waals surface area contributed by atoms with Crippen molar-refractivity contribution in [3.05, 3.63) is 23.4 Å². The van der Waals surface area contributed by atoms with Crippen molar-refractivity contribution in [2.45, 2.75) is 63.4 Å². The van der Waals surface area contributed by atoms with Gasteiger partial charge in [0.25, 0.3) is 5.91 Å². The van der Waals surface area contributed by atoms with E-state index in [1.165, 1.54) is 6.92 Å². The third-order valence-electron chi connectivity index (χ3n) is 6.98. The first kappa shape index (κ1) is 23.5. The van der Waals surface area contributed by atoms with Crippen LogP contribution in [0, 0.1) is 6.92 Å². The molecule has 2 N–H and O–H groups in total. The first-order valence-electron chi connectivity index (χ1n) is 11.4. The number of amides is 1. The van der Waals surface area contributed by atoms with Crippen LogP contribution in [0.5, 0.6) is 5.75 Å². The predicted molar refractivity (Wildman–Crippen MR) is 119 cm³/mol. The molecule has 0 spiro atoms. The molecule has 3 aliphatic rings. The molecule has 0 unspecified atom stereocenters. The Bertz CT molecular complexity index is 1170. The van der Waals surface area contributed by atoms with Gasteiger partial charge in [0.1, 0.15) is 17.3 Å². The maximum atomic E-state index is 13.0. The number of nitrogens with zero attached hydrogens (tertiary/aromatic N) is 6. The van der Waals surface area contributed by atoms with E-state index in [0.717, 1.165) is 24.7 Å². The smallest absolute Gasteiger partial charge is 0.451 e. The Morgan fingerprint density at radius 1 is 1.29 bits per heavy atom. The van der Waals surface area contributed by atoms with Crippen molar-refractivity contribution >= 4 is 23.4 Å². The summed E-state index contributed by atoms with van der Waals surface area (Å²) >= 11 is 0. The Labute approximate surface area is 199 Å². The average molecular weight is 493 g/mol. The molecule has 1 aliphatic carbocycles. The van der Waals surface area contributed by atoms with Crippen molar-refractivity contribution in [3.63, 3.8) is 0 Å². The highest BCUT2D eigenvalue weighted by atomic mass is 19.4. The number of rotatable bonds is 5. The highest BCUT2D eigenvalue weighted by Crippen LogP contribution is 2.43. The van der Waals surface area contributed by atoms with E-state index >= 15 is 0 Å². The number of hydrogen-bond donors (Lipinski definition) is 2. The Balaban J connectivity index is 1.28. The van der Waals surface area contributed by atoms with Gasteiger partial charge in [-0.3, -0.25) is 4.79 Å². The predicted octanol–water partition coefficient (Wildman–Crippen LogP) is 2.10. The minimum absolute atomic E-state index is 0.0142. The summed E-state index contributed by atoms with van der Waals surface area (Å²) in [5.74, 6) is -0.100. The van der Waals surface area contributed by atoms with Gasteiger partial charge in [-0.15, -0.1) is 0 Å². The van der Waals surface area contributed by atoms with Crippen molar-refractivity contribution in [2.75, 3.05) is 35.3 Å². The fourth-order valence-corrected chi connectivity index (χ4v) is 4.65. The van der Waals surface area contributed by atoms with E-state index in [-0.39, 0.29) is 36.1 Å². The number of carbonyl (C=O) groups excluding carboxylic acids is 1. The summed E-state index contributed by atoms with van der Waals surface area (Å²) in [5.41, 5.74) is 0.515. The van der Waals surface area contributed by atoms with Gasteiger partial charge >= 0.3 is 6.18 Å². The summed E-state index contributed by atoms with van der Waals surface area (Å²) in [6.45, 7) is 3.38.